The zero-order valence-corrected chi connectivity index (χ0v) is 18.5. The second kappa shape index (κ2) is 8.62. The number of hydrogen-bond donors (Lipinski definition) is 1. The van der Waals surface area contributed by atoms with E-state index in [0.717, 1.165) is 15.0 Å². The van der Waals surface area contributed by atoms with E-state index in [0.29, 0.717) is 37.0 Å². The molecule has 11 heteroatoms. The minimum atomic E-state index is -4.53. The van der Waals surface area contributed by atoms with Crippen molar-refractivity contribution >= 4 is 33.2 Å². The maximum Gasteiger partial charge on any atom is 0.408 e. The van der Waals surface area contributed by atoms with Gasteiger partial charge in [0, 0.05) is 35.3 Å². The van der Waals surface area contributed by atoms with Gasteiger partial charge in [-0.1, -0.05) is 18.2 Å². The van der Waals surface area contributed by atoms with Gasteiger partial charge in [0.05, 0.1) is 19.8 Å². The topological polar surface area (TPSA) is 70.8 Å². The fraction of sp³-hybridized carbons (Fsp3) is 0.455. The Hall–Kier alpha value is -2.63. The van der Waals surface area contributed by atoms with Gasteiger partial charge in [0.2, 0.25) is 5.95 Å². The fourth-order valence-electron chi connectivity index (χ4n) is 4.40. The summed E-state index contributed by atoms with van der Waals surface area (Å²) in [5.74, 6) is 0.274. The molecule has 0 saturated carbocycles. The van der Waals surface area contributed by atoms with Crippen molar-refractivity contribution in [1.29, 1.82) is 0 Å². The van der Waals surface area contributed by atoms with Crippen molar-refractivity contribution in [3.05, 3.63) is 51.6 Å². The number of aliphatic hydroxyl groups excluding tert-OH is 1. The second-order valence-corrected chi connectivity index (χ2v) is 9.32. The summed E-state index contributed by atoms with van der Waals surface area (Å²) in [5, 5.41) is 11.9. The van der Waals surface area contributed by atoms with E-state index in [2.05, 4.69) is 4.98 Å². The van der Waals surface area contributed by atoms with Crippen molar-refractivity contribution in [3.8, 4) is 0 Å². The molecule has 0 radical (unpaired) electrons. The summed E-state index contributed by atoms with van der Waals surface area (Å²) in [4.78, 5) is 20.7. The van der Waals surface area contributed by atoms with Crippen molar-refractivity contribution in [2.75, 3.05) is 42.6 Å². The average Bonchev–Trinajstić information content (AvgIpc) is 3.24. The Balaban J connectivity index is 1.53. The summed E-state index contributed by atoms with van der Waals surface area (Å²) in [6.45, 7) is 1.52. The highest BCUT2D eigenvalue weighted by molar-refractivity contribution is 7.19. The molecule has 1 fully saturated rings. The van der Waals surface area contributed by atoms with Gasteiger partial charge < -0.3 is 19.6 Å². The van der Waals surface area contributed by atoms with E-state index < -0.39 is 23.9 Å². The number of fused-ring (bicyclic) bond motifs is 2. The molecule has 0 unspecified atom stereocenters. The zero-order valence-electron chi connectivity index (χ0n) is 17.7. The molecule has 2 aliphatic rings. The molecule has 2 aliphatic heterocycles. The van der Waals surface area contributed by atoms with Crippen LogP contribution in [0.5, 0.6) is 0 Å². The largest absolute Gasteiger partial charge is 0.408 e. The van der Waals surface area contributed by atoms with Crippen LogP contribution in [0.4, 0.5) is 24.9 Å². The standard InChI is InChI=1S/C22H23F3N4O3S/c23-22(24,25)18-5-6-28-20(31)12-19(27-7-9-32-10-8-27)26-21(28)29(18)13-15(30)17-11-14-3-1-2-4-16(14)33-17/h1-4,11-12,15,18,30H,5-10,13H2/t15-,18+/m1/s1. The molecule has 1 N–H and O–H groups in total. The molecule has 3 aromatic rings. The number of hydrogen-bond acceptors (Lipinski definition) is 7. The predicted molar refractivity (Wildman–Crippen MR) is 120 cm³/mol. The Morgan fingerprint density at radius 3 is 2.67 bits per heavy atom. The first-order valence-corrected chi connectivity index (χ1v) is 11.6. The van der Waals surface area contributed by atoms with Gasteiger partial charge in [-0.05, 0) is 23.9 Å². The van der Waals surface area contributed by atoms with Gasteiger partial charge in [0.1, 0.15) is 18.0 Å². The maximum absolute atomic E-state index is 14.0. The third kappa shape index (κ3) is 4.32. The average molecular weight is 481 g/mol. The van der Waals surface area contributed by atoms with Gasteiger partial charge in [0.25, 0.3) is 5.56 Å². The number of aliphatic hydroxyl groups is 1. The number of β-amino-alcohol motifs (C(OH)–C–C–N with tert-alkyl or cyclic N) is 1. The Morgan fingerprint density at radius 2 is 1.94 bits per heavy atom. The monoisotopic (exact) mass is 480 g/mol. The predicted octanol–water partition coefficient (Wildman–Crippen LogP) is 3.17. The summed E-state index contributed by atoms with van der Waals surface area (Å²) >= 11 is 1.34. The molecule has 2 aromatic heterocycles. The van der Waals surface area contributed by atoms with Crippen molar-refractivity contribution in [1.82, 2.24) is 9.55 Å². The van der Waals surface area contributed by atoms with E-state index in [1.165, 1.54) is 22.0 Å². The number of benzene rings is 1. The van der Waals surface area contributed by atoms with Gasteiger partial charge in [0.15, 0.2) is 0 Å². The van der Waals surface area contributed by atoms with Crippen LogP contribution >= 0.6 is 11.3 Å². The first-order valence-electron chi connectivity index (χ1n) is 10.8. The van der Waals surface area contributed by atoms with Crippen LogP contribution in [0.3, 0.4) is 0 Å². The highest BCUT2D eigenvalue weighted by atomic mass is 32.1. The number of anilines is 2. The second-order valence-electron chi connectivity index (χ2n) is 8.20. The molecule has 7 nitrogen and oxygen atoms in total. The number of halogens is 3. The van der Waals surface area contributed by atoms with Crippen molar-refractivity contribution in [3.63, 3.8) is 0 Å². The molecule has 33 heavy (non-hydrogen) atoms. The third-order valence-corrected chi connectivity index (χ3v) is 7.31. The van der Waals surface area contributed by atoms with Crippen molar-refractivity contribution < 1.29 is 23.0 Å². The zero-order chi connectivity index (χ0) is 23.2. The highest BCUT2D eigenvalue weighted by Gasteiger charge is 2.47. The lowest BCUT2D eigenvalue weighted by atomic mass is 10.1. The molecule has 0 bridgehead atoms. The van der Waals surface area contributed by atoms with Crippen LogP contribution in [0.15, 0.2) is 41.2 Å². The summed E-state index contributed by atoms with van der Waals surface area (Å²) < 4.78 is 49.5. The quantitative estimate of drug-likeness (QED) is 0.619. The van der Waals surface area contributed by atoms with Crippen LogP contribution in [0.2, 0.25) is 0 Å². The van der Waals surface area contributed by atoms with Crippen LogP contribution in [0.1, 0.15) is 17.4 Å². The summed E-state index contributed by atoms with van der Waals surface area (Å²) in [6.07, 6.45) is -5.98. The van der Waals surface area contributed by atoms with E-state index >= 15 is 0 Å². The van der Waals surface area contributed by atoms with Crippen LogP contribution in [0.25, 0.3) is 10.1 Å². The third-order valence-electron chi connectivity index (χ3n) is 6.09. The summed E-state index contributed by atoms with van der Waals surface area (Å²) in [7, 11) is 0. The van der Waals surface area contributed by atoms with Gasteiger partial charge in [-0.25, -0.2) is 0 Å². The number of morpholine rings is 1. The molecule has 1 aromatic carbocycles. The fourth-order valence-corrected chi connectivity index (χ4v) is 5.45. The van der Waals surface area contributed by atoms with E-state index in [1.807, 2.05) is 29.2 Å². The molecule has 1 saturated heterocycles. The van der Waals surface area contributed by atoms with E-state index in [4.69, 9.17) is 4.74 Å². The molecule has 0 amide bonds. The van der Waals surface area contributed by atoms with Gasteiger partial charge in [-0.15, -0.1) is 11.3 Å². The number of aromatic nitrogens is 2. The minimum absolute atomic E-state index is 0.0577. The van der Waals surface area contributed by atoms with Gasteiger partial charge in [-0.3, -0.25) is 9.36 Å². The molecular weight excluding hydrogens is 457 g/mol. The van der Waals surface area contributed by atoms with E-state index in [9.17, 15) is 23.1 Å². The maximum atomic E-state index is 14.0. The van der Waals surface area contributed by atoms with Crippen LogP contribution in [-0.2, 0) is 11.3 Å². The Bertz CT molecular complexity index is 1170. The number of thiophene rings is 1. The number of rotatable bonds is 4. The molecule has 2 atom stereocenters. The Kier molecular flexibility index (Phi) is 5.79. The highest BCUT2D eigenvalue weighted by Crippen LogP contribution is 2.37. The van der Waals surface area contributed by atoms with E-state index in [1.54, 1.807) is 6.07 Å². The van der Waals surface area contributed by atoms with E-state index in [-0.39, 0.29) is 25.5 Å². The molecule has 176 valence electrons. The van der Waals surface area contributed by atoms with Crippen molar-refractivity contribution in [2.45, 2.75) is 31.3 Å². The first kappa shape index (κ1) is 22.2. The summed E-state index contributed by atoms with van der Waals surface area (Å²) in [6, 6.07) is 8.86. The lowest BCUT2D eigenvalue weighted by Gasteiger charge is -2.40. The SMILES string of the molecule is O=c1cc(N2CCOCC2)nc2n1CC[C@@H](C(F)(F)F)N2C[C@@H](O)c1cc2ccccc2s1. The Morgan fingerprint density at radius 1 is 1.18 bits per heavy atom. The smallest absolute Gasteiger partial charge is 0.386 e. The van der Waals surface area contributed by atoms with Crippen LogP contribution in [-0.4, -0.2) is 59.7 Å². The number of nitrogens with zero attached hydrogens (tertiary/aromatic N) is 4. The molecule has 4 heterocycles. The van der Waals surface area contributed by atoms with Gasteiger partial charge in [-0.2, -0.15) is 18.2 Å². The lowest BCUT2D eigenvalue weighted by molar-refractivity contribution is -0.153. The van der Waals surface area contributed by atoms with Crippen molar-refractivity contribution in [2.24, 2.45) is 0 Å². The molecule has 0 spiro atoms. The minimum Gasteiger partial charge on any atom is -0.386 e. The number of ether oxygens (including phenoxy) is 1. The lowest BCUT2D eigenvalue weighted by Crippen LogP contribution is -2.53. The number of alkyl halides is 3. The van der Waals surface area contributed by atoms with Crippen LogP contribution < -0.4 is 15.4 Å². The normalized spacial score (nSPS) is 20.2. The molecule has 5 rings (SSSR count). The summed E-state index contributed by atoms with van der Waals surface area (Å²) in [5.41, 5.74) is -0.400. The van der Waals surface area contributed by atoms with Gasteiger partial charge >= 0.3 is 6.18 Å². The molecule has 0 aliphatic carbocycles. The molecular formula is C22H23F3N4O3S. The van der Waals surface area contributed by atoms with Crippen LogP contribution in [0, 0.1) is 0 Å². The first-order chi connectivity index (χ1) is 15.8. The Labute approximate surface area is 191 Å².